The molecule has 0 atom stereocenters. The second kappa shape index (κ2) is 7.14. The van der Waals surface area contributed by atoms with Crippen LogP contribution in [-0.4, -0.2) is 46.7 Å². The van der Waals surface area contributed by atoms with Gasteiger partial charge in [-0.25, -0.2) is 9.78 Å². The number of pyridine rings is 1. The van der Waals surface area contributed by atoms with Crippen molar-refractivity contribution >= 4 is 29.5 Å². The molecule has 1 aliphatic rings. The summed E-state index contributed by atoms with van der Waals surface area (Å²) in [4.78, 5) is 53.3. The van der Waals surface area contributed by atoms with Crippen molar-refractivity contribution in [1.82, 2.24) is 9.88 Å². The van der Waals surface area contributed by atoms with Gasteiger partial charge < -0.3 is 10.1 Å². The summed E-state index contributed by atoms with van der Waals surface area (Å²) in [6, 6.07) is 9.20. The van der Waals surface area contributed by atoms with E-state index in [0.29, 0.717) is 0 Å². The Bertz CT molecular complexity index is 874. The highest BCUT2D eigenvalue weighted by Crippen LogP contribution is 2.22. The number of benzene rings is 1. The summed E-state index contributed by atoms with van der Waals surface area (Å²) in [5.74, 6) is -2.06. The van der Waals surface area contributed by atoms with E-state index in [1.165, 1.54) is 30.5 Å². The number of ether oxygens (including phenoxy) is 1. The Morgan fingerprint density at radius 1 is 1.12 bits per heavy atom. The number of nitrogens with one attached hydrogen (secondary N) is 1. The molecule has 0 saturated heterocycles. The van der Waals surface area contributed by atoms with Crippen molar-refractivity contribution in [2.45, 2.75) is 6.92 Å². The number of hydrogen-bond donors (Lipinski definition) is 1. The SMILES string of the molecule is CCOC(=O)c1ccnc(NC(=O)CN2C(=O)c3ccccc3C2=O)c1. The van der Waals surface area contributed by atoms with Crippen LogP contribution in [0.25, 0.3) is 0 Å². The maximum atomic E-state index is 12.3. The van der Waals surface area contributed by atoms with Gasteiger partial charge >= 0.3 is 5.97 Å². The maximum absolute atomic E-state index is 12.3. The minimum atomic E-state index is -0.604. The van der Waals surface area contributed by atoms with Gasteiger partial charge in [-0.15, -0.1) is 0 Å². The van der Waals surface area contributed by atoms with Crippen molar-refractivity contribution in [2.24, 2.45) is 0 Å². The number of fused-ring (bicyclic) bond motifs is 1. The van der Waals surface area contributed by atoms with E-state index in [4.69, 9.17) is 4.74 Å². The third kappa shape index (κ3) is 3.30. The lowest BCUT2D eigenvalue weighted by Crippen LogP contribution is -2.37. The molecule has 2 aromatic rings. The summed E-state index contributed by atoms with van der Waals surface area (Å²) < 4.78 is 4.88. The number of rotatable bonds is 5. The van der Waals surface area contributed by atoms with Gasteiger partial charge in [0.1, 0.15) is 12.4 Å². The number of hydrogen-bond acceptors (Lipinski definition) is 6. The van der Waals surface area contributed by atoms with E-state index in [1.807, 2.05) is 0 Å². The fraction of sp³-hybridized carbons (Fsp3) is 0.167. The van der Waals surface area contributed by atoms with Gasteiger partial charge in [0.15, 0.2) is 0 Å². The Morgan fingerprint density at radius 2 is 1.77 bits per heavy atom. The number of aromatic nitrogens is 1. The molecule has 3 rings (SSSR count). The normalized spacial score (nSPS) is 12.7. The molecule has 0 saturated carbocycles. The van der Waals surface area contributed by atoms with E-state index in [2.05, 4.69) is 10.3 Å². The second-order valence-electron chi connectivity index (χ2n) is 5.44. The number of carbonyl (C=O) groups is 4. The lowest BCUT2D eigenvalue weighted by molar-refractivity contribution is -0.116. The van der Waals surface area contributed by atoms with E-state index in [1.54, 1.807) is 19.1 Å². The molecule has 132 valence electrons. The second-order valence-corrected chi connectivity index (χ2v) is 5.44. The monoisotopic (exact) mass is 353 g/mol. The smallest absolute Gasteiger partial charge is 0.338 e. The third-order valence-corrected chi connectivity index (χ3v) is 3.72. The van der Waals surface area contributed by atoms with Gasteiger partial charge in [-0.05, 0) is 31.2 Å². The summed E-state index contributed by atoms with van der Waals surface area (Å²) in [7, 11) is 0. The summed E-state index contributed by atoms with van der Waals surface area (Å²) >= 11 is 0. The molecule has 2 heterocycles. The fourth-order valence-corrected chi connectivity index (χ4v) is 2.55. The average molecular weight is 353 g/mol. The summed E-state index contributed by atoms with van der Waals surface area (Å²) in [6.45, 7) is 1.46. The molecule has 1 N–H and O–H groups in total. The number of nitrogens with zero attached hydrogens (tertiary/aromatic N) is 2. The van der Waals surface area contributed by atoms with Crippen LogP contribution in [0.5, 0.6) is 0 Å². The van der Waals surface area contributed by atoms with E-state index in [-0.39, 0.29) is 29.1 Å². The molecule has 3 amide bonds. The fourth-order valence-electron chi connectivity index (χ4n) is 2.55. The minimum Gasteiger partial charge on any atom is -0.462 e. The van der Waals surface area contributed by atoms with E-state index in [9.17, 15) is 19.2 Å². The Labute approximate surface area is 148 Å². The molecule has 0 spiro atoms. The molecular formula is C18H15N3O5. The molecular weight excluding hydrogens is 338 g/mol. The Morgan fingerprint density at radius 3 is 2.38 bits per heavy atom. The standard InChI is InChI=1S/C18H15N3O5/c1-2-26-18(25)11-7-8-19-14(9-11)20-15(22)10-21-16(23)12-5-3-4-6-13(12)17(21)24/h3-9H,2,10H2,1H3,(H,19,20,22). The molecule has 8 nitrogen and oxygen atoms in total. The van der Waals surface area contributed by atoms with E-state index >= 15 is 0 Å². The minimum absolute atomic E-state index is 0.122. The maximum Gasteiger partial charge on any atom is 0.338 e. The van der Waals surface area contributed by atoms with Crippen LogP contribution in [0.2, 0.25) is 0 Å². The van der Waals surface area contributed by atoms with E-state index < -0.39 is 30.2 Å². The molecule has 1 aliphatic heterocycles. The molecule has 0 aliphatic carbocycles. The Kier molecular flexibility index (Phi) is 4.74. The predicted octanol–water partition coefficient (Wildman–Crippen LogP) is 1.49. The first kappa shape index (κ1) is 17.3. The molecule has 1 aromatic carbocycles. The summed E-state index contributed by atoms with van der Waals surface area (Å²) in [5, 5.41) is 2.47. The largest absolute Gasteiger partial charge is 0.462 e. The number of esters is 1. The van der Waals surface area contributed by atoms with Crippen molar-refractivity contribution in [2.75, 3.05) is 18.5 Å². The van der Waals surface area contributed by atoms with Gasteiger partial charge in [-0.1, -0.05) is 12.1 Å². The predicted molar refractivity (Wildman–Crippen MR) is 90.6 cm³/mol. The van der Waals surface area contributed by atoms with Crippen LogP contribution in [-0.2, 0) is 9.53 Å². The van der Waals surface area contributed by atoms with Crippen LogP contribution in [0.15, 0.2) is 42.6 Å². The van der Waals surface area contributed by atoms with Gasteiger partial charge in [0.2, 0.25) is 5.91 Å². The summed E-state index contributed by atoms with van der Waals surface area (Å²) in [5.41, 5.74) is 0.776. The highest BCUT2D eigenvalue weighted by molar-refractivity contribution is 6.22. The van der Waals surface area contributed by atoms with Crippen molar-refractivity contribution in [3.8, 4) is 0 Å². The zero-order valence-electron chi connectivity index (χ0n) is 13.9. The molecule has 0 unspecified atom stereocenters. The van der Waals surface area contributed by atoms with E-state index in [0.717, 1.165) is 4.90 Å². The van der Waals surface area contributed by atoms with Gasteiger partial charge in [0, 0.05) is 6.20 Å². The topological polar surface area (TPSA) is 106 Å². The molecule has 8 heteroatoms. The lowest BCUT2D eigenvalue weighted by Gasteiger charge is -2.13. The average Bonchev–Trinajstić information content (AvgIpc) is 2.87. The number of amides is 3. The van der Waals surface area contributed by atoms with Crippen LogP contribution in [0.4, 0.5) is 5.82 Å². The van der Waals surface area contributed by atoms with Crippen LogP contribution < -0.4 is 5.32 Å². The van der Waals surface area contributed by atoms with Crippen LogP contribution >= 0.6 is 0 Å². The first-order valence-electron chi connectivity index (χ1n) is 7.89. The van der Waals surface area contributed by atoms with Gasteiger partial charge in [-0.2, -0.15) is 0 Å². The number of anilines is 1. The van der Waals surface area contributed by atoms with Crippen LogP contribution in [0.1, 0.15) is 38.0 Å². The van der Waals surface area contributed by atoms with Crippen molar-refractivity contribution in [1.29, 1.82) is 0 Å². The van der Waals surface area contributed by atoms with Gasteiger partial charge in [0.05, 0.1) is 23.3 Å². The van der Waals surface area contributed by atoms with Crippen LogP contribution in [0.3, 0.4) is 0 Å². The molecule has 1 aromatic heterocycles. The Balaban J connectivity index is 1.69. The first-order chi connectivity index (χ1) is 12.5. The third-order valence-electron chi connectivity index (χ3n) is 3.72. The van der Waals surface area contributed by atoms with Crippen molar-refractivity contribution in [3.05, 3.63) is 59.3 Å². The summed E-state index contributed by atoms with van der Waals surface area (Å²) in [6.07, 6.45) is 1.35. The number of imide groups is 1. The molecule has 0 radical (unpaired) electrons. The van der Waals surface area contributed by atoms with Crippen molar-refractivity contribution in [3.63, 3.8) is 0 Å². The quantitative estimate of drug-likeness (QED) is 0.645. The van der Waals surface area contributed by atoms with Gasteiger partial charge in [-0.3, -0.25) is 19.3 Å². The van der Waals surface area contributed by atoms with Gasteiger partial charge in [0.25, 0.3) is 11.8 Å². The number of carbonyl (C=O) groups excluding carboxylic acids is 4. The highest BCUT2D eigenvalue weighted by atomic mass is 16.5. The lowest BCUT2D eigenvalue weighted by atomic mass is 10.1. The Hall–Kier alpha value is -3.55. The van der Waals surface area contributed by atoms with Crippen molar-refractivity contribution < 1.29 is 23.9 Å². The molecule has 0 fully saturated rings. The van der Waals surface area contributed by atoms with Crippen LogP contribution in [0, 0.1) is 0 Å². The molecule has 26 heavy (non-hydrogen) atoms. The zero-order chi connectivity index (χ0) is 18.7. The zero-order valence-corrected chi connectivity index (χ0v) is 13.9. The first-order valence-corrected chi connectivity index (χ1v) is 7.89. The molecule has 0 bridgehead atoms. The highest BCUT2D eigenvalue weighted by Gasteiger charge is 2.36.